The van der Waals surface area contributed by atoms with Gasteiger partial charge in [0.25, 0.3) is 5.91 Å². The van der Waals surface area contributed by atoms with Crippen molar-refractivity contribution in [3.63, 3.8) is 0 Å². The van der Waals surface area contributed by atoms with Crippen LogP contribution >= 0.6 is 11.6 Å². The third-order valence-electron chi connectivity index (χ3n) is 4.07. The van der Waals surface area contributed by atoms with Crippen molar-refractivity contribution >= 4 is 29.4 Å². The first kappa shape index (κ1) is 14.8. The summed E-state index contributed by atoms with van der Waals surface area (Å²) in [5.74, 6) is -0.381. The largest absolute Gasteiger partial charge is 0.338 e. The molecule has 0 aromatic heterocycles. The van der Waals surface area contributed by atoms with Crippen LogP contribution in [-0.4, -0.2) is 35.3 Å². The molecule has 1 aromatic carbocycles. The fraction of sp³-hybridized carbons (Fsp3) is 0.400. The van der Waals surface area contributed by atoms with Gasteiger partial charge in [0, 0.05) is 24.5 Å². The molecular formula is C15H16ClN3O3. The monoisotopic (exact) mass is 321 g/mol. The highest BCUT2D eigenvalue weighted by atomic mass is 35.5. The molecule has 0 saturated carbocycles. The first-order valence-corrected chi connectivity index (χ1v) is 7.58. The molecule has 0 bridgehead atoms. The molecule has 0 aliphatic carbocycles. The van der Waals surface area contributed by atoms with Crippen LogP contribution in [0, 0.1) is 0 Å². The van der Waals surface area contributed by atoms with Gasteiger partial charge in [-0.15, -0.1) is 0 Å². The molecule has 4 amide bonds. The molecule has 2 N–H and O–H groups in total. The van der Waals surface area contributed by atoms with Gasteiger partial charge in [0.15, 0.2) is 0 Å². The number of carbonyl (C=O) groups excluding carboxylic acids is 3. The number of amides is 4. The molecule has 2 aliphatic rings. The molecule has 0 radical (unpaired) electrons. The number of carbonyl (C=O) groups is 3. The van der Waals surface area contributed by atoms with Gasteiger partial charge in [-0.3, -0.25) is 14.9 Å². The summed E-state index contributed by atoms with van der Waals surface area (Å²) in [5, 5.41) is 5.40. The zero-order valence-corrected chi connectivity index (χ0v) is 12.7. The Labute approximate surface area is 132 Å². The van der Waals surface area contributed by atoms with Crippen molar-refractivity contribution in [3.05, 3.63) is 34.3 Å². The SMILES string of the molecule is O=C1NC(=O)[C@H](CCC(=O)N2CCc3c(Cl)cccc3C2)N1. The first-order valence-electron chi connectivity index (χ1n) is 7.20. The molecule has 7 heteroatoms. The summed E-state index contributed by atoms with van der Waals surface area (Å²) >= 11 is 6.16. The third kappa shape index (κ3) is 2.92. The predicted octanol–water partition coefficient (Wildman–Crippen LogP) is 1.21. The van der Waals surface area contributed by atoms with E-state index in [4.69, 9.17) is 11.6 Å². The molecule has 2 heterocycles. The van der Waals surface area contributed by atoms with Gasteiger partial charge in [0.05, 0.1) is 0 Å². The lowest BCUT2D eigenvalue weighted by Crippen LogP contribution is -2.37. The Morgan fingerprint density at radius 3 is 2.91 bits per heavy atom. The first-order chi connectivity index (χ1) is 10.5. The number of fused-ring (bicyclic) bond motifs is 1. The van der Waals surface area contributed by atoms with Gasteiger partial charge in [0.1, 0.15) is 6.04 Å². The van der Waals surface area contributed by atoms with Crippen molar-refractivity contribution in [1.82, 2.24) is 15.5 Å². The van der Waals surface area contributed by atoms with E-state index in [1.165, 1.54) is 0 Å². The average molecular weight is 322 g/mol. The second-order valence-corrected chi connectivity index (χ2v) is 5.90. The van der Waals surface area contributed by atoms with Crippen molar-refractivity contribution in [2.75, 3.05) is 6.54 Å². The van der Waals surface area contributed by atoms with Crippen LogP contribution in [0.4, 0.5) is 4.79 Å². The maximum absolute atomic E-state index is 12.3. The van der Waals surface area contributed by atoms with Crippen molar-refractivity contribution in [1.29, 1.82) is 0 Å². The molecule has 0 spiro atoms. The van der Waals surface area contributed by atoms with Gasteiger partial charge in [-0.25, -0.2) is 4.79 Å². The average Bonchev–Trinajstić information content (AvgIpc) is 2.82. The maximum Gasteiger partial charge on any atom is 0.322 e. The highest BCUT2D eigenvalue weighted by Crippen LogP contribution is 2.26. The summed E-state index contributed by atoms with van der Waals surface area (Å²) in [5.41, 5.74) is 2.18. The summed E-state index contributed by atoms with van der Waals surface area (Å²) in [4.78, 5) is 36.5. The lowest BCUT2D eigenvalue weighted by Gasteiger charge is -2.29. The Balaban J connectivity index is 1.58. The van der Waals surface area contributed by atoms with E-state index in [0.717, 1.165) is 22.6 Å². The molecule has 0 unspecified atom stereocenters. The highest BCUT2D eigenvalue weighted by molar-refractivity contribution is 6.31. The minimum absolute atomic E-state index is 0.0143. The van der Waals surface area contributed by atoms with E-state index in [1.54, 1.807) is 4.90 Å². The van der Waals surface area contributed by atoms with E-state index >= 15 is 0 Å². The van der Waals surface area contributed by atoms with Gasteiger partial charge < -0.3 is 10.2 Å². The number of halogens is 1. The molecule has 3 rings (SSSR count). The second kappa shape index (κ2) is 5.96. The van der Waals surface area contributed by atoms with Crippen LogP contribution < -0.4 is 10.6 Å². The molecule has 6 nitrogen and oxygen atoms in total. The molecule has 2 aliphatic heterocycles. The van der Waals surface area contributed by atoms with E-state index in [0.29, 0.717) is 19.5 Å². The smallest absolute Gasteiger partial charge is 0.322 e. The summed E-state index contributed by atoms with van der Waals surface area (Å²) in [6.07, 6.45) is 1.28. The second-order valence-electron chi connectivity index (χ2n) is 5.50. The standard InChI is InChI=1S/C15H16ClN3O3/c16-11-3-1-2-9-8-19(7-6-10(9)11)13(20)5-4-12-14(21)18-15(22)17-12/h1-3,12H,4-8H2,(H2,17,18,21,22)/t12-/m0/s1. The van der Waals surface area contributed by atoms with E-state index in [1.807, 2.05) is 18.2 Å². The molecule has 1 fully saturated rings. The van der Waals surface area contributed by atoms with Gasteiger partial charge in [-0.1, -0.05) is 23.7 Å². The van der Waals surface area contributed by atoms with Crippen LogP contribution in [0.5, 0.6) is 0 Å². The van der Waals surface area contributed by atoms with Crippen LogP contribution in [0.15, 0.2) is 18.2 Å². The van der Waals surface area contributed by atoms with Crippen LogP contribution in [0.1, 0.15) is 24.0 Å². The Morgan fingerprint density at radius 1 is 1.36 bits per heavy atom. The molecule has 116 valence electrons. The Hall–Kier alpha value is -2.08. The fourth-order valence-electron chi connectivity index (χ4n) is 2.86. The van der Waals surface area contributed by atoms with Crippen molar-refractivity contribution in [2.24, 2.45) is 0 Å². The number of rotatable bonds is 3. The van der Waals surface area contributed by atoms with Crippen LogP contribution in [0.3, 0.4) is 0 Å². The minimum Gasteiger partial charge on any atom is -0.338 e. The van der Waals surface area contributed by atoms with Crippen molar-refractivity contribution in [2.45, 2.75) is 31.8 Å². The zero-order chi connectivity index (χ0) is 15.7. The predicted molar refractivity (Wildman–Crippen MR) is 80.3 cm³/mol. The van der Waals surface area contributed by atoms with E-state index < -0.39 is 12.1 Å². The van der Waals surface area contributed by atoms with Gasteiger partial charge in [-0.2, -0.15) is 0 Å². The molecule has 22 heavy (non-hydrogen) atoms. The lowest BCUT2D eigenvalue weighted by atomic mass is 9.99. The Bertz CT molecular complexity index is 647. The number of nitrogens with one attached hydrogen (secondary N) is 2. The number of imide groups is 1. The van der Waals surface area contributed by atoms with Crippen LogP contribution in [-0.2, 0) is 22.6 Å². The number of hydrogen-bond donors (Lipinski definition) is 2. The normalized spacial score (nSPS) is 20.4. The summed E-state index contributed by atoms with van der Waals surface area (Å²) in [6.45, 7) is 1.16. The molecule has 1 aromatic rings. The molecule has 1 atom stereocenters. The van der Waals surface area contributed by atoms with Crippen LogP contribution in [0.2, 0.25) is 5.02 Å². The number of nitrogens with zero attached hydrogens (tertiary/aromatic N) is 1. The Morgan fingerprint density at radius 2 is 2.18 bits per heavy atom. The quantitative estimate of drug-likeness (QED) is 0.821. The number of benzene rings is 1. The summed E-state index contributed by atoms with van der Waals surface area (Å²) in [7, 11) is 0. The van der Waals surface area contributed by atoms with Gasteiger partial charge in [-0.05, 0) is 30.0 Å². The van der Waals surface area contributed by atoms with E-state index in [-0.39, 0.29) is 18.2 Å². The van der Waals surface area contributed by atoms with Crippen LogP contribution in [0.25, 0.3) is 0 Å². The van der Waals surface area contributed by atoms with Crippen molar-refractivity contribution in [3.8, 4) is 0 Å². The number of urea groups is 1. The number of hydrogen-bond acceptors (Lipinski definition) is 3. The maximum atomic E-state index is 12.3. The fourth-order valence-corrected chi connectivity index (χ4v) is 3.15. The molecule has 1 saturated heterocycles. The van der Waals surface area contributed by atoms with Gasteiger partial charge in [0.2, 0.25) is 5.91 Å². The summed E-state index contributed by atoms with van der Waals surface area (Å²) in [6, 6.07) is 4.62. The lowest BCUT2D eigenvalue weighted by molar-refractivity contribution is -0.132. The minimum atomic E-state index is -0.608. The topological polar surface area (TPSA) is 78.5 Å². The zero-order valence-electron chi connectivity index (χ0n) is 11.9. The van der Waals surface area contributed by atoms with Gasteiger partial charge >= 0.3 is 6.03 Å². The van der Waals surface area contributed by atoms with E-state index in [9.17, 15) is 14.4 Å². The van der Waals surface area contributed by atoms with Crippen molar-refractivity contribution < 1.29 is 14.4 Å². The third-order valence-corrected chi connectivity index (χ3v) is 4.42. The molecular weight excluding hydrogens is 306 g/mol. The Kier molecular flexibility index (Phi) is 4.02. The highest BCUT2D eigenvalue weighted by Gasteiger charge is 2.30. The van der Waals surface area contributed by atoms with E-state index in [2.05, 4.69) is 10.6 Å². The summed E-state index contributed by atoms with van der Waals surface area (Å²) < 4.78 is 0.